The summed E-state index contributed by atoms with van der Waals surface area (Å²) in [7, 11) is 0. The van der Waals surface area contributed by atoms with Gasteiger partial charge >= 0.3 is 5.97 Å². The first-order chi connectivity index (χ1) is 12.5. The molecular formula is C19H17ClN2O4. The molecule has 0 saturated heterocycles. The number of nitriles is 1. The number of nitrogens with zero attached hydrogens (tertiary/aromatic N) is 1. The second-order valence-electron chi connectivity index (χ2n) is 5.41. The molecule has 1 N–H and O–H groups in total. The molecule has 2 aromatic rings. The Morgan fingerprint density at radius 1 is 1.15 bits per heavy atom. The lowest BCUT2D eigenvalue weighted by Gasteiger charge is -2.14. The third-order valence-corrected chi connectivity index (χ3v) is 3.63. The number of nitrogens with one attached hydrogen (secondary N) is 1. The number of hydrogen-bond acceptors (Lipinski definition) is 5. The van der Waals surface area contributed by atoms with Gasteiger partial charge in [0.1, 0.15) is 5.75 Å². The van der Waals surface area contributed by atoms with Gasteiger partial charge in [-0.1, -0.05) is 23.7 Å². The van der Waals surface area contributed by atoms with Crippen LogP contribution in [0.2, 0.25) is 5.02 Å². The molecule has 0 radical (unpaired) electrons. The maximum Gasteiger partial charge on any atom is 0.347 e. The van der Waals surface area contributed by atoms with E-state index in [1.54, 1.807) is 48.5 Å². The second kappa shape index (κ2) is 9.44. The van der Waals surface area contributed by atoms with Crippen LogP contribution >= 0.6 is 11.6 Å². The molecular weight excluding hydrogens is 356 g/mol. The van der Waals surface area contributed by atoms with E-state index in [2.05, 4.69) is 5.32 Å². The molecule has 0 saturated carbocycles. The maximum absolute atomic E-state index is 11.9. The molecule has 0 heterocycles. The van der Waals surface area contributed by atoms with E-state index in [9.17, 15) is 9.59 Å². The van der Waals surface area contributed by atoms with Gasteiger partial charge in [-0.3, -0.25) is 4.79 Å². The number of rotatable bonds is 7. The topological polar surface area (TPSA) is 88.4 Å². The van der Waals surface area contributed by atoms with Crippen LogP contribution in [0.5, 0.6) is 5.75 Å². The third kappa shape index (κ3) is 6.11. The van der Waals surface area contributed by atoms with Crippen LogP contribution in [-0.2, 0) is 20.9 Å². The fraction of sp³-hybridized carbons (Fsp3) is 0.211. The van der Waals surface area contributed by atoms with Gasteiger partial charge < -0.3 is 14.8 Å². The molecule has 6 nitrogen and oxygen atoms in total. The van der Waals surface area contributed by atoms with Crippen LogP contribution < -0.4 is 10.1 Å². The van der Waals surface area contributed by atoms with Crippen molar-refractivity contribution in [3.05, 3.63) is 64.7 Å². The Kier molecular flexibility index (Phi) is 7.01. The minimum Gasteiger partial charge on any atom is -0.479 e. The number of halogens is 1. The smallest absolute Gasteiger partial charge is 0.347 e. The van der Waals surface area contributed by atoms with Crippen molar-refractivity contribution in [2.75, 3.05) is 6.61 Å². The zero-order valence-electron chi connectivity index (χ0n) is 14.1. The standard InChI is InChI=1S/C19H17ClN2O4/c1-13(26-17-8-4-14(10-21)5-9-17)19(24)25-12-18(23)22-11-15-2-6-16(20)7-3-15/h2-9,13H,11-12H2,1H3,(H,22,23)/t13-/m1/s1. The van der Waals surface area contributed by atoms with Crippen LogP contribution in [0.3, 0.4) is 0 Å². The van der Waals surface area contributed by atoms with E-state index < -0.39 is 24.6 Å². The van der Waals surface area contributed by atoms with Crippen molar-refractivity contribution in [1.29, 1.82) is 5.26 Å². The number of benzene rings is 2. The Balaban J connectivity index is 1.73. The third-order valence-electron chi connectivity index (χ3n) is 3.38. The van der Waals surface area contributed by atoms with Crippen LogP contribution in [0, 0.1) is 11.3 Å². The molecule has 0 unspecified atom stereocenters. The summed E-state index contributed by atoms with van der Waals surface area (Å²) < 4.78 is 10.4. The zero-order valence-corrected chi connectivity index (χ0v) is 14.8. The summed E-state index contributed by atoms with van der Waals surface area (Å²) >= 11 is 5.79. The van der Waals surface area contributed by atoms with E-state index in [-0.39, 0.29) is 0 Å². The lowest BCUT2D eigenvalue weighted by atomic mass is 10.2. The minimum absolute atomic E-state index is 0.310. The van der Waals surface area contributed by atoms with Crippen molar-refractivity contribution in [3.8, 4) is 11.8 Å². The van der Waals surface area contributed by atoms with E-state index in [0.717, 1.165) is 5.56 Å². The van der Waals surface area contributed by atoms with Gasteiger partial charge in [0, 0.05) is 11.6 Å². The molecule has 7 heteroatoms. The second-order valence-corrected chi connectivity index (χ2v) is 5.84. The summed E-state index contributed by atoms with van der Waals surface area (Å²) in [6.45, 7) is 1.44. The van der Waals surface area contributed by atoms with Crippen molar-refractivity contribution in [2.24, 2.45) is 0 Å². The van der Waals surface area contributed by atoms with Gasteiger partial charge in [-0.15, -0.1) is 0 Å². The van der Waals surface area contributed by atoms with Crippen molar-refractivity contribution in [3.63, 3.8) is 0 Å². The first kappa shape index (κ1) is 19.3. The van der Waals surface area contributed by atoms with Crippen LogP contribution in [0.4, 0.5) is 0 Å². The normalized spacial score (nSPS) is 11.1. The van der Waals surface area contributed by atoms with E-state index in [1.807, 2.05) is 6.07 Å². The van der Waals surface area contributed by atoms with Crippen molar-refractivity contribution < 1.29 is 19.1 Å². The highest BCUT2D eigenvalue weighted by molar-refractivity contribution is 6.30. The van der Waals surface area contributed by atoms with E-state index in [1.165, 1.54) is 6.92 Å². The van der Waals surface area contributed by atoms with Gasteiger partial charge in [-0.05, 0) is 48.9 Å². The van der Waals surface area contributed by atoms with Gasteiger partial charge in [0.15, 0.2) is 12.7 Å². The summed E-state index contributed by atoms with van der Waals surface area (Å²) in [5.41, 5.74) is 1.37. The van der Waals surface area contributed by atoms with E-state index in [0.29, 0.717) is 22.9 Å². The summed E-state index contributed by atoms with van der Waals surface area (Å²) in [5.74, 6) is -0.643. The summed E-state index contributed by atoms with van der Waals surface area (Å²) in [4.78, 5) is 23.6. The first-order valence-corrected chi connectivity index (χ1v) is 8.20. The van der Waals surface area contributed by atoms with Crippen molar-refractivity contribution in [1.82, 2.24) is 5.32 Å². The molecule has 2 aromatic carbocycles. The molecule has 26 heavy (non-hydrogen) atoms. The van der Waals surface area contributed by atoms with Crippen LogP contribution in [-0.4, -0.2) is 24.6 Å². The molecule has 0 aliphatic rings. The quantitative estimate of drug-likeness (QED) is 0.755. The minimum atomic E-state index is -0.882. The van der Waals surface area contributed by atoms with Crippen LogP contribution in [0.25, 0.3) is 0 Å². The fourth-order valence-electron chi connectivity index (χ4n) is 1.97. The summed E-state index contributed by atoms with van der Waals surface area (Å²) in [6, 6.07) is 15.4. The van der Waals surface area contributed by atoms with Gasteiger partial charge in [-0.2, -0.15) is 5.26 Å². The van der Waals surface area contributed by atoms with Crippen LogP contribution in [0.15, 0.2) is 48.5 Å². The zero-order chi connectivity index (χ0) is 18.9. The van der Waals surface area contributed by atoms with Gasteiger partial charge in [0.2, 0.25) is 0 Å². The van der Waals surface area contributed by atoms with Gasteiger partial charge in [0.25, 0.3) is 5.91 Å². The summed E-state index contributed by atoms with van der Waals surface area (Å²) in [6.07, 6.45) is -0.882. The molecule has 2 rings (SSSR count). The number of hydrogen-bond donors (Lipinski definition) is 1. The lowest BCUT2D eigenvalue weighted by molar-refractivity contribution is -0.154. The van der Waals surface area contributed by atoms with Crippen LogP contribution in [0.1, 0.15) is 18.1 Å². The van der Waals surface area contributed by atoms with Gasteiger partial charge in [0.05, 0.1) is 11.6 Å². The van der Waals surface area contributed by atoms with Gasteiger partial charge in [-0.25, -0.2) is 4.79 Å². The predicted molar refractivity (Wildman–Crippen MR) is 95.5 cm³/mol. The molecule has 0 spiro atoms. The highest BCUT2D eigenvalue weighted by atomic mass is 35.5. The van der Waals surface area contributed by atoms with E-state index >= 15 is 0 Å². The predicted octanol–water partition coefficient (Wildman–Crippen LogP) is 2.84. The molecule has 0 fully saturated rings. The number of esters is 1. The molecule has 0 aliphatic heterocycles. The Morgan fingerprint density at radius 3 is 2.42 bits per heavy atom. The summed E-state index contributed by atoms with van der Waals surface area (Å²) in [5, 5.41) is 12.0. The highest BCUT2D eigenvalue weighted by Crippen LogP contribution is 2.14. The molecule has 0 aliphatic carbocycles. The number of carbonyl (C=O) groups excluding carboxylic acids is 2. The maximum atomic E-state index is 11.9. The lowest BCUT2D eigenvalue weighted by Crippen LogP contribution is -2.32. The first-order valence-electron chi connectivity index (χ1n) is 7.82. The monoisotopic (exact) mass is 372 g/mol. The average molecular weight is 373 g/mol. The number of ether oxygens (including phenoxy) is 2. The largest absolute Gasteiger partial charge is 0.479 e. The SMILES string of the molecule is C[C@@H](Oc1ccc(C#N)cc1)C(=O)OCC(=O)NCc1ccc(Cl)cc1. The Labute approximate surface area is 156 Å². The van der Waals surface area contributed by atoms with E-state index in [4.69, 9.17) is 26.3 Å². The molecule has 1 atom stereocenters. The van der Waals surface area contributed by atoms with Crippen molar-refractivity contribution >= 4 is 23.5 Å². The molecule has 0 aromatic heterocycles. The number of carbonyl (C=O) groups is 2. The Bertz CT molecular complexity index is 798. The number of amides is 1. The average Bonchev–Trinajstić information content (AvgIpc) is 2.66. The fourth-order valence-corrected chi connectivity index (χ4v) is 2.09. The highest BCUT2D eigenvalue weighted by Gasteiger charge is 2.17. The molecule has 134 valence electrons. The molecule has 1 amide bonds. The Morgan fingerprint density at radius 2 is 1.81 bits per heavy atom. The Hall–Kier alpha value is -3.04. The van der Waals surface area contributed by atoms with Crippen molar-refractivity contribution in [2.45, 2.75) is 19.6 Å². The molecule has 0 bridgehead atoms.